The molecule has 0 bridgehead atoms. The van der Waals surface area contributed by atoms with Gasteiger partial charge in [0, 0.05) is 12.1 Å². The van der Waals surface area contributed by atoms with E-state index in [2.05, 4.69) is 29.8 Å². The summed E-state index contributed by atoms with van der Waals surface area (Å²) >= 11 is 6.32. The molecule has 2 aromatic rings. The Kier molecular flexibility index (Phi) is 13.9. The second-order valence-corrected chi connectivity index (χ2v) is 13.9. The van der Waals surface area contributed by atoms with E-state index in [1.165, 1.54) is 0 Å². The van der Waals surface area contributed by atoms with Crippen molar-refractivity contribution in [2.24, 2.45) is 11.8 Å². The van der Waals surface area contributed by atoms with Crippen molar-refractivity contribution in [2.45, 2.75) is 91.8 Å². The maximum Gasteiger partial charge on any atom is 0.255 e. The minimum Gasteiger partial charge on any atom is -0.491 e. The van der Waals surface area contributed by atoms with E-state index in [-0.39, 0.29) is 61.4 Å². The van der Waals surface area contributed by atoms with Gasteiger partial charge in [0.25, 0.3) is 5.91 Å². The van der Waals surface area contributed by atoms with Crippen LogP contribution in [0, 0.1) is 18.8 Å². The fourth-order valence-corrected chi connectivity index (χ4v) is 5.73. The van der Waals surface area contributed by atoms with Gasteiger partial charge in [0.15, 0.2) is 0 Å². The summed E-state index contributed by atoms with van der Waals surface area (Å²) in [4.78, 5) is 55.9. The molecule has 10 nitrogen and oxygen atoms in total. The number of rotatable bonds is 10. The van der Waals surface area contributed by atoms with Crippen LogP contribution in [0.2, 0.25) is 5.02 Å². The molecule has 0 radical (unpaired) electrons. The van der Waals surface area contributed by atoms with E-state index >= 15 is 0 Å². The van der Waals surface area contributed by atoms with Gasteiger partial charge in [-0.15, -0.1) is 0 Å². The third-order valence-corrected chi connectivity index (χ3v) is 8.53. The second kappa shape index (κ2) is 17.4. The molecule has 47 heavy (non-hydrogen) atoms. The number of benzene rings is 2. The predicted octanol–water partition coefficient (Wildman–Crippen LogP) is 5.25. The van der Waals surface area contributed by atoms with Crippen LogP contribution in [0.1, 0.15) is 88.2 Å². The monoisotopic (exact) mass is 670 g/mol. The van der Waals surface area contributed by atoms with Gasteiger partial charge >= 0.3 is 0 Å². The molecule has 1 aliphatic heterocycles. The third kappa shape index (κ3) is 10.9. The van der Waals surface area contributed by atoms with E-state index in [1.54, 1.807) is 36.2 Å². The molecule has 1 heterocycles. The zero-order valence-electron chi connectivity index (χ0n) is 28.9. The summed E-state index contributed by atoms with van der Waals surface area (Å²) in [5.74, 6) is -0.291. The smallest absolute Gasteiger partial charge is 0.255 e. The Labute approximate surface area is 284 Å². The summed E-state index contributed by atoms with van der Waals surface area (Å²) in [6.07, 6.45) is 0.716. The van der Waals surface area contributed by atoms with Gasteiger partial charge in [0.05, 0.1) is 24.6 Å². The number of ether oxygens (including phenoxy) is 2. The first kappa shape index (κ1) is 37.7. The average Bonchev–Trinajstić information content (AvgIpc) is 3.00. The van der Waals surface area contributed by atoms with E-state index in [0.29, 0.717) is 29.4 Å². The fourth-order valence-electron chi connectivity index (χ4n) is 5.56. The molecular formula is C36H51ClN4O6. The lowest BCUT2D eigenvalue weighted by molar-refractivity contribution is -0.138. The van der Waals surface area contributed by atoms with Crippen molar-refractivity contribution in [3.05, 3.63) is 58.1 Å². The van der Waals surface area contributed by atoms with Gasteiger partial charge in [-0.1, -0.05) is 65.3 Å². The zero-order valence-corrected chi connectivity index (χ0v) is 29.7. The number of amides is 4. The molecule has 0 saturated carbocycles. The maximum absolute atomic E-state index is 13.8. The van der Waals surface area contributed by atoms with Crippen molar-refractivity contribution >= 4 is 35.2 Å². The molecule has 0 aromatic heterocycles. The van der Waals surface area contributed by atoms with Crippen LogP contribution >= 0.6 is 11.6 Å². The number of nitrogens with one attached hydrogen (secondary N) is 3. The fraction of sp³-hybridized carbons (Fsp3) is 0.556. The van der Waals surface area contributed by atoms with Crippen molar-refractivity contribution in [3.63, 3.8) is 0 Å². The lowest BCUT2D eigenvalue weighted by atomic mass is 9.99. The molecule has 11 heteroatoms. The highest BCUT2D eigenvalue weighted by Crippen LogP contribution is 2.32. The number of aryl methyl sites for hydroxylation is 1. The van der Waals surface area contributed by atoms with Crippen LogP contribution < -0.4 is 25.4 Å². The number of para-hydroxylation sites is 1. The largest absolute Gasteiger partial charge is 0.491 e. The SMILES string of the molecule is Cc1cc(OCCNC(=O)[C@@H]2CC(=O)N[C@@H](CC(C)C)C(=O)N(C)[C@@H](CC(C)C)COc3ccccc3C(=O)N2)c(C(C)C)cc1Cl. The van der Waals surface area contributed by atoms with E-state index in [0.717, 1.165) is 11.1 Å². The van der Waals surface area contributed by atoms with Gasteiger partial charge in [0.1, 0.15) is 36.8 Å². The van der Waals surface area contributed by atoms with Gasteiger partial charge in [-0.05, 0) is 72.9 Å². The third-order valence-electron chi connectivity index (χ3n) is 8.13. The van der Waals surface area contributed by atoms with Crippen LogP contribution in [-0.4, -0.2) is 73.5 Å². The van der Waals surface area contributed by atoms with Crippen molar-refractivity contribution in [2.75, 3.05) is 26.8 Å². The molecular weight excluding hydrogens is 620 g/mol. The second-order valence-electron chi connectivity index (χ2n) is 13.5. The molecule has 0 saturated heterocycles. The standard InChI is InChI=1S/C36H51ClN4O6/c1-21(2)15-25-20-47-31-12-10-9-11-26(31)34(43)40-29(19-33(42)39-30(16-22(3)4)36(45)41(25)8)35(44)38-13-14-46-32-17-24(7)28(37)18-27(32)23(5)6/h9-12,17-18,21-23,25,29-30H,13-16,19-20H2,1-8H3,(H,38,44)(H,39,42)(H,40,43)/t25-,29-,30-/m0/s1. The Balaban J connectivity index is 1.85. The number of hydrogen-bond donors (Lipinski definition) is 3. The molecule has 258 valence electrons. The highest BCUT2D eigenvalue weighted by Gasteiger charge is 2.33. The van der Waals surface area contributed by atoms with Crippen LogP contribution in [-0.2, 0) is 14.4 Å². The first-order valence-corrected chi connectivity index (χ1v) is 16.8. The van der Waals surface area contributed by atoms with Crippen LogP contribution in [0.15, 0.2) is 36.4 Å². The number of fused-ring (bicyclic) bond motifs is 1. The van der Waals surface area contributed by atoms with Gasteiger partial charge in [-0.25, -0.2) is 0 Å². The highest BCUT2D eigenvalue weighted by molar-refractivity contribution is 6.31. The van der Waals surface area contributed by atoms with Gasteiger partial charge < -0.3 is 30.3 Å². The molecule has 0 unspecified atom stereocenters. The summed E-state index contributed by atoms with van der Waals surface area (Å²) in [6, 6.07) is 8.19. The Morgan fingerprint density at radius 1 is 1.04 bits per heavy atom. The average molecular weight is 671 g/mol. The van der Waals surface area contributed by atoms with E-state index in [4.69, 9.17) is 21.1 Å². The van der Waals surface area contributed by atoms with E-state index in [1.807, 2.05) is 46.8 Å². The molecule has 3 rings (SSSR count). The Morgan fingerprint density at radius 2 is 1.72 bits per heavy atom. The quantitative estimate of drug-likeness (QED) is 0.297. The number of likely N-dealkylation sites (N-methyl/N-ethyl adjacent to an activating group) is 1. The summed E-state index contributed by atoms with van der Waals surface area (Å²) in [5, 5.41) is 9.03. The predicted molar refractivity (Wildman–Crippen MR) is 184 cm³/mol. The zero-order chi connectivity index (χ0) is 34.8. The highest BCUT2D eigenvalue weighted by atomic mass is 35.5. The first-order chi connectivity index (χ1) is 22.2. The van der Waals surface area contributed by atoms with Crippen molar-refractivity contribution < 1.29 is 28.7 Å². The molecule has 0 fully saturated rings. The first-order valence-electron chi connectivity index (χ1n) is 16.5. The van der Waals surface area contributed by atoms with Gasteiger partial charge in [-0.2, -0.15) is 0 Å². The Hall–Kier alpha value is -3.79. The number of nitrogens with zero attached hydrogens (tertiary/aromatic N) is 1. The molecule has 3 atom stereocenters. The van der Waals surface area contributed by atoms with Crippen molar-refractivity contribution in [3.8, 4) is 11.5 Å². The van der Waals surface area contributed by atoms with Gasteiger partial charge in [0.2, 0.25) is 17.7 Å². The summed E-state index contributed by atoms with van der Waals surface area (Å²) in [7, 11) is 1.72. The number of carbonyl (C=O) groups is 4. The summed E-state index contributed by atoms with van der Waals surface area (Å²) < 4.78 is 12.2. The molecule has 1 aliphatic rings. The van der Waals surface area contributed by atoms with Crippen LogP contribution in [0.3, 0.4) is 0 Å². The van der Waals surface area contributed by atoms with Crippen LogP contribution in [0.25, 0.3) is 0 Å². The van der Waals surface area contributed by atoms with Crippen LogP contribution in [0.5, 0.6) is 11.5 Å². The normalized spacial score (nSPS) is 19.5. The molecule has 0 spiro atoms. The van der Waals surface area contributed by atoms with E-state index in [9.17, 15) is 19.2 Å². The summed E-state index contributed by atoms with van der Waals surface area (Å²) in [6.45, 7) is 14.5. The molecule has 2 aromatic carbocycles. The molecule has 3 N–H and O–H groups in total. The number of carbonyl (C=O) groups excluding carboxylic acids is 4. The summed E-state index contributed by atoms with van der Waals surface area (Å²) in [5.41, 5.74) is 2.05. The minimum absolute atomic E-state index is 0.114. The lowest BCUT2D eigenvalue weighted by Gasteiger charge is -2.33. The van der Waals surface area contributed by atoms with Crippen LogP contribution in [0.4, 0.5) is 0 Å². The van der Waals surface area contributed by atoms with E-state index < -0.39 is 29.8 Å². The Bertz CT molecular complexity index is 1410. The molecule has 4 amide bonds. The number of hydrogen-bond acceptors (Lipinski definition) is 6. The lowest BCUT2D eigenvalue weighted by Crippen LogP contribution is -2.55. The van der Waals surface area contributed by atoms with Gasteiger partial charge in [-0.3, -0.25) is 19.2 Å². The molecule has 0 aliphatic carbocycles. The van der Waals surface area contributed by atoms with Crippen molar-refractivity contribution in [1.29, 1.82) is 0 Å². The maximum atomic E-state index is 13.8. The minimum atomic E-state index is -1.22. The topological polar surface area (TPSA) is 126 Å². The Morgan fingerprint density at radius 3 is 2.38 bits per heavy atom. The van der Waals surface area contributed by atoms with Crippen molar-refractivity contribution in [1.82, 2.24) is 20.9 Å². The number of halogens is 1.